The van der Waals surface area contributed by atoms with E-state index in [-0.39, 0.29) is 0 Å². The number of rotatable bonds is 8. The highest BCUT2D eigenvalue weighted by Gasteiger charge is 2.18. The number of nitrogens with one attached hydrogen (secondary N) is 2. The minimum Gasteiger partial charge on any atom is -0.491 e. The molecule has 0 saturated carbocycles. The van der Waals surface area contributed by atoms with Gasteiger partial charge in [-0.1, -0.05) is 31.2 Å². The Kier molecular flexibility index (Phi) is 9.93. The molecule has 0 saturated heterocycles. The number of hydrogen-bond acceptors (Lipinski definition) is 6. The summed E-state index contributed by atoms with van der Waals surface area (Å²) in [7, 11) is 0. The van der Waals surface area contributed by atoms with Gasteiger partial charge in [-0.15, -0.1) is 23.5 Å². The fraction of sp³-hybridized carbons (Fsp3) is 0.280. The Labute approximate surface area is 207 Å². The molecule has 4 rings (SSSR count). The Morgan fingerprint density at radius 3 is 2.71 bits per heavy atom. The SMILES string of the molecule is C[C@@H](CN[C@@H]1COc2ccccc2SC1)CSc1cccc2cc[nH]c12.O=C(O)/C=C\C(=O)O. The largest absolute Gasteiger partial charge is 0.491 e. The Balaban J connectivity index is 0.000000350. The van der Waals surface area contributed by atoms with Crippen LogP contribution in [0.15, 0.2) is 76.7 Å². The first kappa shape index (κ1) is 25.7. The molecule has 7 nitrogen and oxygen atoms in total. The van der Waals surface area contributed by atoms with Gasteiger partial charge in [0, 0.05) is 45.0 Å². The molecule has 2 aromatic carbocycles. The van der Waals surface area contributed by atoms with Crippen LogP contribution in [-0.4, -0.2) is 57.8 Å². The van der Waals surface area contributed by atoms with Gasteiger partial charge in [0.15, 0.2) is 0 Å². The first-order chi connectivity index (χ1) is 16.4. The molecule has 9 heteroatoms. The second-order valence-corrected chi connectivity index (χ2v) is 9.92. The number of aromatic nitrogens is 1. The van der Waals surface area contributed by atoms with Gasteiger partial charge in [-0.25, -0.2) is 9.59 Å². The lowest BCUT2D eigenvalue weighted by atomic mass is 10.2. The molecule has 1 aliphatic rings. The zero-order valence-electron chi connectivity index (χ0n) is 18.8. The van der Waals surface area contributed by atoms with Crippen LogP contribution in [0.5, 0.6) is 5.75 Å². The maximum atomic E-state index is 9.55. The lowest BCUT2D eigenvalue weighted by Gasteiger charge is -2.19. The second kappa shape index (κ2) is 13.1. The van der Waals surface area contributed by atoms with Crippen molar-refractivity contribution in [2.75, 3.05) is 24.7 Å². The van der Waals surface area contributed by atoms with Crippen LogP contribution in [0.2, 0.25) is 0 Å². The Bertz CT molecular complexity index is 1090. The van der Waals surface area contributed by atoms with Crippen molar-refractivity contribution in [3.8, 4) is 5.75 Å². The molecular weight excluding hydrogens is 472 g/mol. The summed E-state index contributed by atoms with van der Waals surface area (Å²) < 4.78 is 5.97. The summed E-state index contributed by atoms with van der Waals surface area (Å²) >= 11 is 3.82. The molecule has 3 aromatic rings. The average Bonchev–Trinajstić information content (AvgIpc) is 3.22. The average molecular weight is 501 g/mol. The predicted molar refractivity (Wildman–Crippen MR) is 137 cm³/mol. The number of carbonyl (C=O) groups is 2. The molecule has 1 aromatic heterocycles. The van der Waals surface area contributed by atoms with Crippen molar-refractivity contribution in [2.45, 2.75) is 22.8 Å². The van der Waals surface area contributed by atoms with E-state index in [9.17, 15) is 9.59 Å². The summed E-state index contributed by atoms with van der Waals surface area (Å²) in [4.78, 5) is 25.0. The van der Waals surface area contributed by atoms with Crippen molar-refractivity contribution < 1.29 is 24.5 Å². The fourth-order valence-corrected chi connectivity index (χ4v) is 5.33. The van der Waals surface area contributed by atoms with Crippen LogP contribution < -0.4 is 10.1 Å². The van der Waals surface area contributed by atoms with E-state index in [1.807, 2.05) is 35.8 Å². The maximum absolute atomic E-state index is 9.55. The molecule has 2 heterocycles. The summed E-state index contributed by atoms with van der Waals surface area (Å²) in [5, 5.41) is 20.6. The van der Waals surface area contributed by atoms with Crippen molar-refractivity contribution >= 4 is 46.4 Å². The number of thioether (sulfide) groups is 2. The van der Waals surface area contributed by atoms with Gasteiger partial charge in [0.05, 0.1) is 11.6 Å². The molecule has 34 heavy (non-hydrogen) atoms. The number of ether oxygens (including phenoxy) is 1. The normalized spacial score (nSPS) is 16.1. The van der Waals surface area contributed by atoms with Crippen molar-refractivity contribution in [1.29, 1.82) is 0 Å². The van der Waals surface area contributed by atoms with Gasteiger partial charge in [-0.2, -0.15) is 0 Å². The van der Waals surface area contributed by atoms with Gasteiger partial charge in [0.1, 0.15) is 12.4 Å². The minimum atomic E-state index is -1.26. The van der Waals surface area contributed by atoms with Gasteiger partial charge >= 0.3 is 11.9 Å². The zero-order valence-corrected chi connectivity index (χ0v) is 20.4. The van der Waals surface area contributed by atoms with Crippen LogP contribution in [0.1, 0.15) is 6.92 Å². The lowest BCUT2D eigenvalue weighted by Crippen LogP contribution is -2.39. The summed E-state index contributed by atoms with van der Waals surface area (Å²) in [5.41, 5.74) is 1.25. The van der Waals surface area contributed by atoms with Crippen LogP contribution in [0.4, 0.5) is 0 Å². The van der Waals surface area contributed by atoms with E-state index < -0.39 is 11.9 Å². The van der Waals surface area contributed by atoms with Gasteiger partial charge in [0.2, 0.25) is 0 Å². The smallest absolute Gasteiger partial charge is 0.328 e. The van der Waals surface area contributed by atoms with Crippen molar-refractivity contribution in [3.63, 3.8) is 0 Å². The first-order valence-electron chi connectivity index (χ1n) is 10.8. The molecule has 0 spiro atoms. The van der Waals surface area contributed by atoms with E-state index in [1.54, 1.807) is 0 Å². The summed E-state index contributed by atoms with van der Waals surface area (Å²) in [6, 6.07) is 17.3. The minimum absolute atomic E-state index is 0.395. The van der Waals surface area contributed by atoms with E-state index in [0.29, 0.717) is 24.1 Å². The van der Waals surface area contributed by atoms with Gasteiger partial charge in [0.25, 0.3) is 0 Å². The molecule has 0 fully saturated rings. The number of H-pyrrole nitrogens is 1. The van der Waals surface area contributed by atoms with Crippen LogP contribution in [0.3, 0.4) is 0 Å². The highest BCUT2D eigenvalue weighted by atomic mass is 32.2. The molecule has 0 radical (unpaired) electrons. The second-order valence-electron chi connectivity index (χ2n) is 7.80. The van der Waals surface area contributed by atoms with Crippen molar-refractivity contribution in [3.05, 3.63) is 66.9 Å². The van der Waals surface area contributed by atoms with E-state index in [2.05, 4.69) is 59.7 Å². The highest BCUT2D eigenvalue weighted by molar-refractivity contribution is 7.99. The number of aromatic amines is 1. The number of aliphatic carboxylic acids is 2. The van der Waals surface area contributed by atoms with E-state index in [1.165, 1.54) is 20.7 Å². The monoisotopic (exact) mass is 500 g/mol. The quantitative estimate of drug-likeness (QED) is 0.259. The molecule has 0 aliphatic carbocycles. The standard InChI is InChI=1S/C21H24N2OS2.C4H4O4/c1-15(13-25-20-8-4-5-16-9-10-22-21(16)20)11-23-17-12-24-18-6-2-3-7-19(18)26-14-17;5-3(6)1-2-4(7)8/h2-10,15,17,22-23H,11-14H2,1H3;1-2H,(H,5,6)(H,7,8)/b;2-1-/t15-,17+;/m0./s1. The number of carboxylic acids is 2. The number of carboxylic acid groups (broad SMARTS) is 2. The van der Waals surface area contributed by atoms with Crippen LogP contribution >= 0.6 is 23.5 Å². The Hall–Kier alpha value is -2.88. The molecule has 0 bridgehead atoms. The van der Waals surface area contributed by atoms with E-state index in [0.717, 1.165) is 30.4 Å². The maximum Gasteiger partial charge on any atom is 0.328 e. The molecule has 0 unspecified atom stereocenters. The van der Waals surface area contributed by atoms with Crippen LogP contribution in [0.25, 0.3) is 10.9 Å². The number of para-hydroxylation sites is 2. The lowest BCUT2D eigenvalue weighted by molar-refractivity contribution is -0.134. The van der Waals surface area contributed by atoms with E-state index in [4.69, 9.17) is 14.9 Å². The van der Waals surface area contributed by atoms with Gasteiger partial charge in [-0.3, -0.25) is 0 Å². The van der Waals surface area contributed by atoms with Crippen LogP contribution in [0, 0.1) is 5.92 Å². The third-order valence-corrected chi connectivity index (χ3v) is 7.53. The fourth-order valence-electron chi connectivity index (χ4n) is 3.21. The molecular formula is C25H28N2O5S2. The zero-order chi connectivity index (χ0) is 24.3. The predicted octanol–water partition coefficient (Wildman–Crippen LogP) is 4.75. The highest BCUT2D eigenvalue weighted by Crippen LogP contribution is 2.32. The van der Waals surface area contributed by atoms with Gasteiger partial charge in [-0.05, 0) is 36.7 Å². The number of benzene rings is 2. The summed E-state index contributed by atoms with van der Waals surface area (Å²) in [6.07, 6.45) is 3.13. The molecule has 1 aliphatic heterocycles. The number of hydrogen-bond donors (Lipinski definition) is 4. The summed E-state index contributed by atoms with van der Waals surface area (Å²) in [6.45, 7) is 4.07. The molecule has 0 amide bonds. The third kappa shape index (κ3) is 8.16. The molecule has 2 atom stereocenters. The topological polar surface area (TPSA) is 112 Å². The Morgan fingerprint density at radius 2 is 1.94 bits per heavy atom. The Morgan fingerprint density at radius 1 is 1.18 bits per heavy atom. The van der Waals surface area contributed by atoms with E-state index >= 15 is 0 Å². The summed E-state index contributed by atoms with van der Waals surface area (Å²) in [5.74, 6) is 1.26. The molecule has 180 valence electrons. The van der Waals surface area contributed by atoms with Crippen molar-refractivity contribution in [2.24, 2.45) is 5.92 Å². The van der Waals surface area contributed by atoms with Gasteiger partial charge < -0.3 is 25.3 Å². The molecule has 4 N–H and O–H groups in total. The first-order valence-corrected chi connectivity index (χ1v) is 12.8. The third-order valence-electron chi connectivity index (χ3n) is 4.93. The van der Waals surface area contributed by atoms with Crippen molar-refractivity contribution in [1.82, 2.24) is 10.3 Å². The van der Waals surface area contributed by atoms with Crippen LogP contribution in [-0.2, 0) is 9.59 Å². The number of fused-ring (bicyclic) bond motifs is 2.